The number of phenols is 1. The molecule has 0 unspecified atom stereocenters. The minimum Gasteiger partial charge on any atom is -0.504 e. The lowest BCUT2D eigenvalue weighted by Gasteiger charge is -2.44. The summed E-state index contributed by atoms with van der Waals surface area (Å²) in [7, 11) is 2.64. The maximum atomic E-state index is 12.9. The van der Waals surface area contributed by atoms with E-state index in [4.69, 9.17) is 23.7 Å². The summed E-state index contributed by atoms with van der Waals surface area (Å²) in [6.45, 7) is 5.04. The van der Waals surface area contributed by atoms with Crippen LogP contribution in [0.1, 0.15) is 30.5 Å². The summed E-state index contributed by atoms with van der Waals surface area (Å²) in [6, 6.07) is 2.80. The molecule has 41 heavy (non-hydrogen) atoms. The van der Waals surface area contributed by atoms with Crippen molar-refractivity contribution < 1.29 is 58.8 Å². The number of nitrogens with zero attached hydrogens (tertiary/aromatic N) is 1. The fourth-order valence-corrected chi connectivity index (χ4v) is 5.83. The molecule has 0 saturated carbocycles. The number of phenolic OH excluding ortho intramolecular Hbond substituents is 1. The molecule has 0 aliphatic carbocycles. The predicted octanol–water partition coefficient (Wildman–Crippen LogP) is -0.115. The van der Waals surface area contributed by atoms with Gasteiger partial charge in [-0.1, -0.05) is 12.1 Å². The van der Waals surface area contributed by atoms with E-state index < -0.39 is 67.4 Å². The number of benzene rings is 1. The topological polar surface area (TPSA) is 185 Å². The predicted molar refractivity (Wildman–Crippen MR) is 140 cm³/mol. The number of methoxy groups -OCH3 is 2. The van der Waals surface area contributed by atoms with E-state index >= 15 is 0 Å². The number of fused-ring (bicyclic) bond motifs is 1. The Labute approximate surface area is 237 Å². The lowest BCUT2D eigenvalue weighted by atomic mass is 9.76. The van der Waals surface area contributed by atoms with Crippen LogP contribution in [0.15, 0.2) is 36.6 Å². The fourth-order valence-electron chi connectivity index (χ4n) is 5.83. The smallest absolute Gasteiger partial charge is 0.337 e. The van der Waals surface area contributed by atoms with Gasteiger partial charge in [-0.15, -0.1) is 6.58 Å². The first kappa shape index (κ1) is 30.8. The quantitative estimate of drug-likeness (QED) is 0.204. The van der Waals surface area contributed by atoms with Crippen LogP contribution in [0, 0.1) is 11.8 Å². The van der Waals surface area contributed by atoms with Gasteiger partial charge in [-0.3, -0.25) is 4.79 Å². The minimum absolute atomic E-state index is 0.110. The molecular weight excluding hydrogens is 542 g/mol. The van der Waals surface area contributed by atoms with Gasteiger partial charge in [-0.2, -0.15) is 0 Å². The van der Waals surface area contributed by atoms with Crippen LogP contribution in [0.3, 0.4) is 0 Å². The Hall–Kier alpha value is -3.20. The molecule has 0 bridgehead atoms. The van der Waals surface area contributed by atoms with Crippen molar-refractivity contribution >= 4 is 11.9 Å². The number of hydrogen-bond donors (Lipinski definition) is 5. The van der Waals surface area contributed by atoms with Crippen molar-refractivity contribution in [2.45, 2.75) is 62.8 Å². The average molecular weight is 580 g/mol. The van der Waals surface area contributed by atoms with Gasteiger partial charge < -0.3 is 54.1 Å². The summed E-state index contributed by atoms with van der Waals surface area (Å²) < 4.78 is 27.4. The summed E-state index contributed by atoms with van der Waals surface area (Å²) in [4.78, 5) is 27.2. The van der Waals surface area contributed by atoms with E-state index in [0.29, 0.717) is 18.5 Å². The highest BCUT2D eigenvalue weighted by Gasteiger charge is 2.48. The van der Waals surface area contributed by atoms with Gasteiger partial charge in [0.1, 0.15) is 24.4 Å². The van der Waals surface area contributed by atoms with Gasteiger partial charge in [-0.25, -0.2) is 4.79 Å². The molecule has 1 aromatic carbocycles. The van der Waals surface area contributed by atoms with Crippen molar-refractivity contribution in [3.63, 3.8) is 0 Å². The summed E-state index contributed by atoms with van der Waals surface area (Å²) in [6.07, 6.45) is -5.59. The van der Waals surface area contributed by atoms with Crippen LogP contribution in [0.2, 0.25) is 0 Å². The first-order valence-electron chi connectivity index (χ1n) is 13.3. The first-order valence-corrected chi connectivity index (χ1v) is 13.3. The van der Waals surface area contributed by atoms with E-state index in [9.17, 15) is 35.1 Å². The van der Waals surface area contributed by atoms with Crippen molar-refractivity contribution in [2.75, 3.05) is 27.4 Å². The maximum absolute atomic E-state index is 12.9. The highest BCUT2D eigenvalue weighted by atomic mass is 16.8. The molecule has 1 amide bonds. The van der Waals surface area contributed by atoms with Crippen LogP contribution in [0.5, 0.6) is 11.5 Å². The molecule has 3 aliphatic rings. The maximum Gasteiger partial charge on any atom is 0.337 e. The molecule has 0 aromatic heterocycles. The van der Waals surface area contributed by atoms with Gasteiger partial charge in [0.15, 0.2) is 17.8 Å². The lowest BCUT2D eigenvalue weighted by Crippen LogP contribution is -2.60. The summed E-state index contributed by atoms with van der Waals surface area (Å²) in [5, 5.41) is 51.5. The zero-order valence-electron chi connectivity index (χ0n) is 23.1. The summed E-state index contributed by atoms with van der Waals surface area (Å²) in [5.74, 6) is -2.31. The number of rotatable bonds is 8. The average Bonchev–Trinajstić information content (AvgIpc) is 2.97. The monoisotopic (exact) mass is 579 g/mol. The number of carbonyl (C=O) groups is 2. The molecule has 0 radical (unpaired) electrons. The second kappa shape index (κ2) is 12.8. The number of aliphatic hydroxyl groups excluding tert-OH is 4. The van der Waals surface area contributed by atoms with E-state index in [2.05, 4.69) is 6.58 Å². The number of esters is 1. The molecule has 226 valence electrons. The Morgan fingerprint density at radius 1 is 1.15 bits per heavy atom. The van der Waals surface area contributed by atoms with Gasteiger partial charge in [-0.05, 0) is 24.5 Å². The Kier molecular flexibility index (Phi) is 9.57. The molecule has 0 spiro atoms. The molecule has 5 N–H and O–H groups in total. The number of aromatic hydroxyl groups is 1. The van der Waals surface area contributed by atoms with Gasteiger partial charge in [0.2, 0.25) is 12.2 Å². The van der Waals surface area contributed by atoms with Gasteiger partial charge in [0, 0.05) is 30.9 Å². The highest BCUT2D eigenvalue weighted by Crippen LogP contribution is 2.47. The largest absolute Gasteiger partial charge is 0.504 e. The van der Waals surface area contributed by atoms with Crippen molar-refractivity contribution in [1.82, 2.24) is 4.90 Å². The van der Waals surface area contributed by atoms with Crippen molar-refractivity contribution in [1.29, 1.82) is 0 Å². The second-order valence-corrected chi connectivity index (χ2v) is 10.2. The second-order valence-electron chi connectivity index (χ2n) is 10.2. The summed E-state index contributed by atoms with van der Waals surface area (Å²) >= 11 is 0. The van der Waals surface area contributed by atoms with E-state index in [1.165, 1.54) is 33.5 Å². The third kappa shape index (κ3) is 5.78. The van der Waals surface area contributed by atoms with Crippen molar-refractivity contribution in [3.8, 4) is 11.5 Å². The Bertz CT molecular complexity index is 1170. The highest BCUT2D eigenvalue weighted by molar-refractivity contribution is 5.89. The Morgan fingerprint density at radius 2 is 1.88 bits per heavy atom. The molecule has 1 saturated heterocycles. The fraction of sp³-hybridized carbons (Fsp3) is 0.571. The van der Waals surface area contributed by atoms with E-state index in [0.717, 1.165) is 5.56 Å². The van der Waals surface area contributed by atoms with Crippen LogP contribution < -0.4 is 4.74 Å². The molecule has 9 atom stereocenters. The zero-order valence-corrected chi connectivity index (χ0v) is 23.1. The van der Waals surface area contributed by atoms with Crippen LogP contribution in [0.25, 0.3) is 0 Å². The SMILES string of the molecule is C=C[C@H]1[C@H](O[C@@H]2O[C@H](CO)[C@@H](O)[C@H](O)[C@H]2O)OC=C(C(=O)OC)[C@H]1C[C@@H]1c2c(ccc(OC)c2O)CCN1C(C)=O. The van der Waals surface area contributed by atoms with Crippen LogP contribution in [-0.4, -0.2) is 107 Å². The number of hydrogen-bond acceptors (Lipinski definition) is 12. The lowest BCUT2D eigenvalue weighted by molar-refractivity contribution is -0.339. The number of ether oxygens (including phenoxy) is 5. The summed E-state index contributed by atoms with van der Waals surface area (Å²) in [5.41, 5.74) is 1.45. The first-order chi connectivity index (χ1) is 19.6. The molecule has 4 rings (SSSR count). The van der Waals surface area contributed by atoms with Crippen LogP contribution >= 0.6 is 0 Å². The molecule has 3 aliphatic heterocycles. The van der Waals surface area contributed by atoms with Gasteiger partial charge >= 0.3 is 5.97 Å². The third-order valence-corrected chi connectivity index (χ3v) is 8.02. The molecule has 13 heteroatoms. The third-order valence-electron chi connectivity index (χ3n) is 8.02. The van der Waals surface area contributed by atoms with Gasteiger partial charge in [0.25, 0.3) is 0 Å². The van der Waals surface area contributed by atoms with Crippen molar-refractivity contribution in [3.05, 3.63) is 47.7 Å². The van der Waals surface area contributed by atoms with Crippen molar-refractivity contribution in [2.24, 2.45) is 11.8 Å². The minimum atomic E-state index is -1.69. The van der Waals surface area contributed by atoms with E-state index in [1.54, 1.807) is 11.0 Å². The number of amides is 1. The van der Waals surface area contributed by atoms with Crippen LogP contribution in [-0.2, 0) is 35.0 Å². The van der Waals surface area contributed by atoms with E-state index in [1.807, 2.05) is 6.07 Å². The number of aliphatic hydroxyl groups is 4. The number of carbonyl (C=O) groups excluding carboxylic acids is 2. The van der Waals surface area contributed by atoms with Crippen LogP contribution in [0.4, 0.5) is 0 Å². The normalized spacial score (nSPS) is 33.2. The van der Waals surface area contributed by atoms with E-state index in [-0.39, 0.29) is 29.4 Å². The molecule has 3 heterocycles. The standard InChI is InChI=1S/C28H37NO12/c1-5-15-16(10-18-21-14(8-9-29(18)13(2)31)6-7-19(37-3)22(21)32)17(26(36)38-4)12-39-27(15)41-28-25(35)24(34)23(33)20(11-30)40-28/h5-7,12,15-16,18,20,23-25,27-28,30,32-35H,1,8-11H2,2-4H3/t15-,16+,18-,20-,23-,24+,25-,27+,28+/m1/s1. The molecule has 13 nitrogen and oxygen atoms in total. The Balaban J connectivity index is 1.71. The molecule has 1 fully saturated rings. The molecule has 1 aromatic rings. The molecular formula is C28H37NO12. The zero-order chi connectivity index (χ0) is 30.0. The Morgan fingerprint density at radius 3 is 2.49 bits per heavy atom. The van der Waals surface area contributed by atoms with Gasteiger partial charge in [0.05, 0.1) is 38.7 Å².